The zero-order valence-corrected chi connectivity index (χ0v) is 11.0. The number of aryl methyl sites for hydroxylation is 2. The van der Waals surface area contributed by atoms with E-state index < -0.39 is 0 Å². The molecule has 0 aliphatic carbocycles. The summed E-state index contributed by atoms with van der Waals surface area (Å²) in [5.41, 5.74) is 1.77. The molecule has 1 aromatic rings. The Morgan fingerprint density at radius 2 is 1.88 bits per heavy atom. The first-order valence-electron chi connectivity index (χ1n) is 5.35. The second-order valence-corrected chi connectivity index (χ2v) is 3.99. The van der Waals surface area contributed by atoms with E-state index in [1.807, 2.05) is 32.7 Å². The molecular weight excluding hydrogens is 226 g/mol. The second kappa shape index (κ2) is 6.01. The number of halogens is 1. The van der Waals surface area contributed by atoms with Crippen LogP contribution in [0.25, 0.3) is 0 Å². The van der Waals surface area contributed by atoms with Gasteiger partial charge in [0, 0.05) is 20.2 Å². The van der Waals surface area contributed by atoms with Crippen LogP contribution in [0.15, 0.2) is 0 Å². The van der Waals surface area contributed by atoms with Gasteiger partial charge >= 0.3 is 0 Å². The quantitative estimate of drug-likeness (QED) is 0.744. The van der Waals surface area contributed by atoms with Gasteiger partial charge in [0.25, 0.3) is 0 Å². The van der Waals surface area contributed by atoms with Crippen LogP contribution in [0, 0.1) is 13.8 Å². The van der Waals surface area contributed by atoms with Crippen LogP contribution in [0.3, 0.4) is 0 Å². The lowest BCUT2D eigenvalue weighted by molar-refractivity contribution is 0.154. The third-order valence-corrected chi connectivity index (χ3v) is 2.64. The molecule has 0 aromatic carbocycles. The van der Waals surface area contributed by atoms with Crippen molar-refractivity contribution in [1.29, 1.82) is 0 Å². The van der Waals surface area contributed by atoms with Gasteiger partial charge in [-0.3, -0.25) is 0 Å². The summed E-state index contributed by atoms with van der Waals surface area (Å²) < 4.78 is 5.29. The highest BCUT2D eigenvalue weighted by Crippen LogP contribution is 2.21. The number of hydrogen-bond donors (Lipinski definition) is 0. The number of nitrogens with zero attached hydrogens (tertiary/aromatic N) is 3. The Balaban J connectivity index is 2.75. The highest BCUT2D eigenvalue weighted by molar-refractivity contribution is 6.31. The Morgan fingerprint density at radius 3 is 2.50 bits per heavy atom. The predicted octanol–water partition coefficient (Wildman–Crippen LogP) is 2.22. The third-order valence-electron chi connectivity index (χ3n) is 2.38. The molecule has 0 saturated heterocycles. The Hall–Kier alpha value is -0.870. The van der Waals surface area contributed by atoms with Crippen molar-refractivity contribution in [3.8, 4) is 0 Å². The van der Waals surface area contributed by atoms with Gasteiger partial charge in [-0.2, -0.15) is 0 Å². The first-order valence-corrected chi connectivity index (χ1v) is 5.73. The molecule has 0 fully saturated rings. The standard InChI is InChI=1S/C11H18ClN3O/c1-5-16-7-6-15(4)11-10(12)13-8(2)9(3)14-11/h5-7H2,1-4H3. The maximum atomic E-state index is 6.05. The molecule has 0 saturated carbocycles. The molecule has 0 amide bonds. The number of anilines is 1. The molecule has 1 rings (SSSR count). The van der Waals surface area contributed by atoms with Crippen molar-refractivity contribution in [3.63, 3.8) is 0 Å². The van der Waals surface area contributed by atoms with Crippen LogP contribution in [-0.2, 0) is 4.74 Å². The van der Waals surface area contributed by atoms with Crippen molar-refractivity contribution in [2.45, 2.75) is 20.8 Å². The molecule has 90 valence electrons. The van der Waals surface area contributed by atoms with Gasteiger partial charge in [0.1, 0.15) is 0 Å². The zero-order valence-electron chi connectivity index (χ0n) is 10.2. The number of hydrogen-bond acceptors (Lipinski definition) is 4. The fourth-order valence-electron chi connectivity index (χ4n) is 1.26. The number of rotatable bonds is 5. The van der Waals surface area contributed by atoms with E-state index in [4.69, 9.17) is 16.3 Å². The van der Waals surface area contributed by atoms with E-state index in [0.29, 0.717) is 17.6 Å². The molecule has 0 aliphatic heterocycles. The Kier molecular flexibility index (Phi) is 4.96. The molecule has 16 heavy (non-hydrogen) atoms. The van der Waals surface area contributed by atoms with Gasteiger partial charge in [-0.05, 0) is 20.8 Å². The van der Waals surface area contributed by atoms with Gasteiger partial charge in [0.15, 0.2) is 11.0 Å². The maximum absolute atomic E-state index is 6.05. The van der Waals surface area contributed by atoms with Gasteiger partial charge in [-0.25, -0.2) is 9.97 Å². The molecule has 1 aromatic heterocycles. The van der Waals surface area contributed by atoms with Crippen molar-refractivity contribution in [1.82, 2.24) is 9.97 Å². The lowest BCUT2D eigenvalue weighted by Gasteiger charge is -2.19. The minimum atomic E-state index is 0.446. The summed E-state index contributed by atoms with van der Waals surface area (Å²) in [6, 6.07) is 0. The van der Waals surface area contributed by atoms with E-state index in [0.717, 1.165) is 24.5 Å². The monoisotopic (exact) mass is 243 g/mol. The first-order chi connectivity index (χ1) is 7.56. The van der Waals surface area contributed by atoms with Gasteiger partial charge < -0.3 is 9.64 Å². The van der Waals surface area contributed by atoms with Gasteiger partial charge in [0.05, 0.1) is 18.0 Å². The smallest absolute Gasteiger partial charge is 0.171 e. The molecule has 0 atom stereocenters. The molecule has 4 nitrogen and oxygen atoms in total. The topological polar surface area (TPSA) is 38.2 Å². The minimum absolute atomic E-state index is 0.446. The SMILES string of the molecule is CCOCCN(C)c1nc(C)c(C)nc1Cl. The molecular formula is C11H18ClN3O. The number of ether oxygens (including phenoxy) is 1. The van der Waals surface area contributed by atoms with Gasteiger partial charge in [-0.1, -0.05) is 11.6 Å². The van der Waals surface area contributed by atoms with Crippen molar-refractivity contribution in [2.24, 2.45) is 0 Å². The summed E-state index contributed by atoms with van der Waals surface area (Å²) in [6.45, 7) is 7.95. The van der Waals surface area contributed by atoms with Crippen LogP contribution >= 0.6 is 11.6 Å². The fourth-order valence-corrected chi connectivity index (χ4v) is 1.57. The fraction of sp³-hybridized carbons (Fsp3) is 0.636. The summed E-state index contributed by atoms with van der Waals surface area (Å²) >= 11 is 6.05. The Bertz CT molecular complexity index is 357. The molecule has 0 spiro atoms. The van der Waals surface area contributed by atoms with E-state index in [2.05, 4.69) is 9.97 Å². The lowest BCUT2D eigenvalue weighted by Crippen LogP contribution is -2.24. The molecule has 0 unspecified atom stereocenters. The maximum Gasteiger partial charge on any atom is 0.171 e. The van der Waals surface area contributed by atoms with Crippen LogP contribution in [0.5, 0.6) is 0 Å². The highest BCUT2D eigenvalue weighted by Gasteiger charge is 2.11. The van der Waals surface area contributed by atoms with Crippen molar-refractivity contribution >= 4 is 17.4 Å². The highest BCUT2D eigenvalue weighted by atomic mass is 35.5. The van der Waals surface area contributed by atoms with Crippen LogP contribution < -0.4 is 4.90 Å². The average Bonchev–Trinajstić information content (AvgIpc) is 2.23. The van der Waals surface area contributed by atoms with Gasteiger partial charge in [-0.15, -0.1) is 0 Å². The van der Waals surface area contributed by atoms with Crippen LogP contribution in [0.4, 0.5) is 5.82 Å². The van der Waals surface area contributed by atoms with Gasteiger partial charge in [0.2, 0.25) is 0 Å². The largest absolute Gasteiger partial charge is 0.380 e. The van der Waals surface area contributed by atoms with Crippen molar-refractivity contribution in [2.75, 3.05) is 31.7 Å². The zero-order chi connectivity index (χ0) is 12.1. The summed E-state index contributed by atoms with van der Waals surface area (Å²) in [5.74, 6) is 0.712. The number of likely N-dealkylation sites (N-methyl/N-ethyl adjacent to an activating group) is 1. The summed E-state index contributed by atoms with van der Waals surface area (Å²) in [6.07, 6.45) is 0. The summed E-state index contributed by atoms with van der Waals surface area (Å²) in [4.78, 5) is 10.6. The second-order valence-electron chi connectivity index (χ2n) is 3.63. The predicted molar refractivity (Wildman–Crippen MR) is 66.3 cm³/mol. The third kappa shape index (κ3) is 3.32. The lowest BCUT2D eigenvalue weighted by atomic mass is 10.3. The van der Waals surface area contributed by atoms with E-state index in [-0.39, 0.29) is 0 Å². The van der Waals surface area contributed by atoms with E-state index in [1.54, 1.807) is 0 Å². The van der Waals surface area contributed by atoms with E-state index in [1.165, 1.54) is 0 Å². The Morgan fingerprint density at radius 1 is 1.25 bits per heavy atom. The average molecular weight is 244 g/mol. The molecule has 0 aliphatic rings. The molecule has 0 N–H and O–H groups in total. The Labute approximate surface area is 102 Å². The summed E-state index contributed by atoms with van der Waals surface area (Å²) in [7, 11) is 1.93. The molecule has 1 heterocycles. The summed E-state index contributed by atoms with van der Waals surface area (Å²) in [5, 5.41) is 0.446. The van der Waals surface area contributed by atoms with Crippen molar-refractivity contribution < 1.29 is 4.74 Å². The molecule has 5 heteroatoms. The van der Waals surface area contributed by atoms with Crippen molar-refractivity contribution in [3.05, 3.63) is 16.5 Å². The van der Waals surface area contributed by atoms with E-state index >= 15 is 0 Å². The van der Waals surface area contributed by atoms with Crippen LogP contribution in [0.1, 0.15) is 18.3 Å². The van der Waals surface area contributed by atoms with Crippen LogP contribution in [-0.4, -0.2) is 36.8 Å². The molecule has 0 radical (unpaired) electrons. The van der Waals surface area contributed by atoms with Crippen LogP contribution in [0.2, 0.25) is 5.15 Å². The number of aromatic nitrogens is 2. The molecule has 0 bridgehead atoms. The van der Waals surface area contributed by atoms with E-state index in [9.17, 15) is 0 Å². The normalized spacial score (nSPS) is 10.6. The first kappa shape index (κ1) is 13.2. The minimum Gasteiger partial charge on any atom is -0.380 e.